The number of anilines is 1. The Morgan fingerprint density at radius 2 is 2.00 bits per heavy atom. The molecule has 0 aliphatic heterocycles. The van der Waals surface area contributed by atoms with Crippen molar-refractivity contribution in [1.29, 1.82) is 0 Å². The van der Waals surface area contributed by atoms with Crippen LogP contribution in [0.25, 0.3) is 0 Å². The summed E-state index contributed by atoms with van der Waals surface area (Å²) in [4.78, 5) is 11.4. The molecule has 4 nitrogen and oxygen atoms in total. The second kappa shape index (κ2) is 7.83. The lowest BCUT2D eigenvalue weighted by molar-refractivity contribution is 0.174. The van der Waals surface area contributed by atoms with E-state index in [2.05, 4.69) is 11.9 Å². The molecule has 0 saturated carbocycles. The van der Waals surface area contributed by atoms with E-state index in [1.54, 1.807) is 24.3 Å². The van der Waals surface area contributed by atoms with Crippen LogP contribution in [-0.2, 0) is 11.3 Å². The zero-order valence-electron chi connectivity index (χ0n) is 11.9. The summed E-state index contributed by atoms with van der Waals surface area (Å²) in [5, 5.41) is 2.59. The van der Waals surface area contributed by atoms with Crippen molar-refractivity contribution in [1.82, 2.24) is 0 Å². The molecule has 5 heteroatoms. The summed E-state index contributed by atoms with van der Waals surface area (Å²) in [6.07, 6.45) is 0.954. The fraction of sp³-hybridized carbons (Fsp3) is 0.118. The summed E-state index contributed by atoms with van der Waals surface area (Å²) >= 11 is 0. The van der Waals surface area contributed by atoms with Crippen molar-refractivity contribution >= 4 is 11.8 Å². The highest BCUT2D eigenvalue weighted by Gasteiger charge is 2.02. The monoisotopic (exact) mass is 301 g/mol. The van der Waals surface area contributed by atoms with E-state index in [-0.39, 0.29) is 12.4 Å². The average Bonchev–Trinajstić information content (AvgIpc) is 2.52. The minimum atomic E-state index is -0.538. The first-order chi connectivity index (χ1) is 10.7. The van der Waals surface area contributed by atoms with E-state index in [4.69, 9.17) is 9.47 Å². The number of nitrogens with one attached hydrogen (secondary N) is 1. The topological polar surface area (TPSA) is 47.6 Å². The van der Waals surface area contributed by atoms with Crippen LogP contribution in [0.5, 0.6) is 5.75 Å². The third kappa shape index (κ3) is 4.94. The molecule has 0 heterocycles. The molecule has 0 fully saturated rings. The Balaban J connectivity index is 1.86. The molecule has 0 aliphatic carbocycles. The largest absolute Gasteiger partial charge is 0.489 e. The van der Waals surface area contributed by atoms with E-state index >= 15 is 0 Å². The minimum Gasteiger partial charge on any atom is -0.489 e. The lowest BCUT2D eigenvalue weighted by Gasteiger charge is -2.08. The minimum absolute atomic E-state index is 0.158. The molecule has 2 aromatic carbocycles. The van der Waals surface area contributed by atoms with Crippen LogP contribution < -0.4 is 10.1 Å². The molecule has 0 radical (unpaired) electrons. The molecule has 2 rings (SSSR count). The second-order valence-corrected chi connectivity index (χ2v) is 4.46. The molecule has 2 aromatic rings. The van der Waals surface area contributed by atoms with Gasteiger partial charge in [-0.1, -0.05) is 30.9 Å². The molecular formula is C17H16FNO3. The van der Waals surface area contributed by atoms with Crippen LogP contribution in [0.2, 0.25) is 0 Å². The summed E-state index contributed by atoms with van der Waals surface area (Å²) in [7, 11) is 0. The Bertz CT molecular complexity index is 641. The summed E-state index contributed by atoms with van der Waals surface area (Å²) in [5.74, 6) is 0.130. The van der Waals surface area contributed by atoms with Crippen LogP contribution in [0.1, 0.15) is 5.56 Å². The van der Waals surface area contributed by atoms with Crippen LogP contribution in [-0.4, -0.2) is 12.7 Å². The van der Waals surface area contributed by atoms with Gasteiger partial charge in [-0.25, -0.2) is 9.18 Å². The number of benzene rings is 2. The molecule has 0 spiro atoms. The number of halogens is 1. The Labute approximate surface area is 128 Å². The normalized spacial score (nSPS) is 9.86. The molecule has 0 unspecified atom stereocenters. The van der Waals surface area contributed by atoms with Gasteiger partial charge >= 0.3 is 6.09 Å². The summed E-state index contributed by atoms with van der Waals surface area (Å²) in [6, 6.07) is 13.1. The predicted octanol–water partition coefficient (Wildman–Crippen LogP) is 4.14. The molecule has 114 valence electrons. The zero-order valence-corrected chi connectivity index (χ0v) is 11.9. The molecule has 1 N–H and O–H groups in total. The quantitative estimate of drug-likeness (QED) is 0.816. The number of ether oxygens (including phenoxy) is 2. The lowest BCUT2D eigenvalue weighted by Crippen LogP contribution is -2.13. The smallest absolute Gasteiger partial charge is 0.411 e. The number of rotatable bonds is 6. The summed E-state index contributed by atoms with van der Waals surface area (Å²) < 4.78 is 23.3. The Hall–Kier alpha value is -2.82. The van der Waals surface area contributed by atoms with E-state index in [1.807, 2.05) is 12.1 Å². The molecule has 0 atom stereocenters. The van der Waals surface area contributed by atoms with Crippen molar-refractivity contribution in [3.8, 4) is 5.75 Å². The van der Waals surface area contributed by atoms with Gasteiger partial charge in [0.25, 0.3) is 0 Å². The number of carbonyl (C=O) groups is 1. The average molecular weight is 301 g/mol. The zero-order chi connectivity index (χ0) is 15.8. The van der Waals surface area contributed by atoms with Gasteiger partial charge in [-0.2, -0.15) is 0 Å². The maximum Gasteiger partial charge on any atom is 0.411 e. The Kier molecular flexibility index (Phi) is 5.54. The third-order valence-corrected chi connectivity index (χ3v) is 2.73. The third-order valence-electron chi connectivity index (χ3n) is 2.73. The molecule has 0 bridgehead atoms. The Morgan fingerprint density at radius 1 is 1.23 bits per heavy atom. The SMILES string of the molecule is C=CCOC(=O)Nc1ccc(COc2cccc(F)c2)cc1. The maximum atomic E-state index is 13.0. The summed E-state index contributed by atoms with van der Waals surface area (Å²) in [5.41, 5.74) is 1.51. The first kappa shape index (κ1) is 15.6. The van der Waals surface area contributed by atoms with Crippen LogP contribution in [0.15, 0.2) is 61.2 Å². The molecule has 0 aliphatic rings. The highest BCUT2D eigenvalue weighted by Crippen LogP contribution is 2.15. The predicted molar refractivity (Wildman–Crippen MR) is 82.3 cm³/mol. The van der Waals surface area contributed by atoms with Crippen LogP contribution in [0, 0.1) is 5.82 Å². The van der Waals surface area contributed by atoms with Crippen molar-refractivity contribution < 1.29 is 18.7 Å². The second-order valence-electron chi connectivity index (χ2n) is 4.46. The van der Waals surface area contributed by atoms with E-state index in [0.717, 1.165) is 5.56 Å². The number of amides is 1. The van der Waals surface area contributed by atoms with Gasteiger partial charge in [-0.3, -0.25) is 5.32 Å². The highest BCUT2D eigenvalue weighted by atomic mass is 19.1. The Morgan fingerprint density at radius 3 is 2.68 bits per heavy atom. The van der Waals surface area contributed by atoms with Crippen molar-refractivity contribution in [3.63, 3.8) is 0 Å². The van der Waals surface area contributed by atoms with Crippen molar-refractivity contribution in [3.05, 3.63) is 72.6 Å². The highest BCUT2D eigenvalue weighted by molar-refractivity contribution is 5.84. The van der Waals surface area contributed by atoms with Crippen LogP contribution in [0.4, 0.5) is 14.9 Å². The molecular weight excluding hydrogens is 285 g/mol. The van der Waals surface area contributed by atoms with Gasteiger partial charge in [-0.05, 0) is 29.8 Å². The van der Waals surface area contributed by atoms with Crippen molar-refractivity contribution in [2.75, 3.05) is 11.9 Å². The molecule has 0 aromatic heterocycles. The van der Waals surface area contributed by atoms with Crippen LogP contribution in [0.3, 0.4) is 0 Å². The van der Waals surface area contributed by atoms with Gasteiger partial charge < -0.3 is 9.47 Å². The van der Waals surface area contributed by atoms with Crippen molar-refractivity contribution in [2.45, 2.75) is 6.61 Å². The fourth-order valence-corrected chi connectivity index (χ4v) is 1.70. The maximum absolute atomic E-state index is 13.0. The molecule has 22 heavy (non-hydrogen) atoms. The number of carbonyl (C=O) groups excluding carboxylic acids is 1. The van der Waals surface area contributed by atoms with E-state index in [9.17, 15) is 9.18 Å². The van der Waals surface area contributed by atoms with E-state index < -0.39 is 6.09 Å². The van der Waals surface area contributed by atoms with E-state index in [1.165, 1.54) is 18.2 Å². The first-order valence-corrected chi connectivity index (χ1v) is 6.69. The van der Waals surface area contributed by atoms with E-state index in [0.29, 0.717) is 18.0 Å². The number of hydrogen-bond donors (Lipinski definition) is 1. The van der Waals surface area contributed by atoms with Gasteiger partial charge in [0, 0.05) is 11.8 Å². The van der Waals surface area contributed by atoms with Gasteiger partial charge in [-0.15, -0.1) is 0 Å². The summed E-state index contributed by atoms with van der Waals surface area (Å²) in [6.45, 7) is 3.93. The van der Waals surface area contributed by atoms with Gasteiger partial charge in [0.05, 0.1) is 0 Å². The first-order valence-electron chi connectivity index (χ1n) is 6.69. The standard InChI is InChI=1S/C17H16FNO3/c1-2-10-21-17(20)19-15-8-6-13(7-9-15)12-22-16-5-3-4-14(18)11-16/h2-9,11H,1,10,12H2,(H,19,20). The molecule has 1 amide bonds. The van der Waals surface area contributed by atoms with Crippen molar-refractivity contribution in [2.24, 2.45) is 0 Å². The fourth-order valence-electron chi connectivity index (χ4n) is 1.70. The van der Waals surface area contributed by atoms with Gasteiger partial charge in [0.2, 0.25) is 0 Å². The van der Waals surface area contributed by atoms with Gasteiger partial charge in [0.1, 0.15) is 24.8 Å². The van der Waals surface area contributed by atoms with Gasteiger partial charge in [0.15, 0.2) is 0 Å². The lowest BCUT2D eigenvalue weighted by atomic mass is 10.2. The molecule has 0 saturated heterocycles. The van der Waals surface area contributed by atoms with Crippen LogP contribution >= 0.6 is 0 Å². The number of hydrogen-bond acceptors (Lipinski definition) is 3.